The van der Waals surface area contributed by atoms with Crippen LogP contribution in [0.15, 0.2) is 54.1 Å². The number of rotatable bonds is 7. The first-order chi connectivity index (χ1) is 18.8. The molecule has 1 heterocycles. The lowest BCUT2D eigenvalue weighted by Gasteiger charge is -2.58. The maximum Gasteiger partial charge on any atom is 0.161 e. The summed E-state index contributed by atoms with van der Waals surface area (Å²) in [7, 11) is 1.71. The number of aromatic nitrogens is 2. The third-order valence-corrected chi connectivity index (χ3v) is 10.7. The summed E-state index contributed by atoms with van der Waals surface area (Å²) in [5.41, 5.74) is 4.14. The van der Waals surface area contributed by atoms with Crippen LogP contribution in [-0.2, 0) is 6.54 Å². The topological polar surface area (TPSA) is 76.7 Å². The van der Waals surface area contributed by atoms with Crippen LogP contribution in [0.4, 0.5) is 0 Å². The number of ether oxygens (including phenoxy) is 2. The van der Waals surface area contributed by atoms with Crippen molar-refractivity contribution in [3.8, 4) is 11.5 Å². The van der Waals surface area contributed by atoms with E-state index in [1.807, 2.05) is 18.6 Å². The minimum absolute atomic E-state index is 0.183. The van der Waals surface area contributed by atoms with E-state index in [0.29, 0.717) is 36.2 Å². The highest BCUT2D eigenvalue weighted by Crippen LogP contribution is 2.65. The highest BCUT2D eigenvalue weighted by atomic mass is 16.5. The van der Waals surface area contributed by atoms with Crippen LogP contribution in [0, 0.1) is 28.6 Å². The van der Waals surface area contributed by atoms with Gasteiger partial charge in [-0.25, -0.2) is 4.98 Å². The summed E-state index contributed by atoms with van der Waals surface area (Å²) >= 11 is 0. The van der Waals surface area contributed by atoms with Crippen molar-refractivity contribution in [2.75, 3.05) is 13.7 Å². The first kappa shape index (κ1) is 26.6. The number of aryl methyl sites for hydroxylation is 1. The van der Waals surface area contributed by atoms with Gasteiger partial charge in [-0.15, -0.1) is 0 Å². The van der Waals surface area contributed by atoms with Crippen LogP contribution in [-0.4, -0.2) is 45.7 Å². The average molecular weight is 533 g/mol. The van der Waals surface area contributed by atoms with Crippen LogP contribution < -0.4 is 9.47 Å². The number of benzene rings is 1. The summed E-state index contributed by atoms with van der Waals surface area (Å²) in [6.07, 6.45) is 17.4. The molecule has 0 bridgehead atoms. The Morgan fingerprint density at radius 2 is 2.03 bits per heavy atom. The molecule has 1 aromatic heterocycles. The van der Waals surface area contributed by atoms with Crippen molar-refractivity contribution in [3.63, 3.8) is 0 Å². The monoisotopic (exact) mass is 532 g/mol. The van der Waals surface area contributed by atoms with Gasteiger partial charge < -0.3 is 24.3 Å². The van der Waals surface area contributed by atoms with E-state index in [4.69, 9.17) is 9.47 Å². The molecule has 2 aromatic rings. The number of methoxy groups -OCH3 is 1. The largest absolute Gasteiger partial charge is 0.493 e. The van der Waals surface area contributed by atoms with E-state index in [2.05, 4.69) is 47.7 Å². The Morgan fingerprint density at radius 1 is 1.15 bits per heavy atom. The zero-order chi connectivity index (χ0) is 27.2. The molecule has 3 fully saturated rings. The van der Waals surface area contributed by atoms with E-state index in [1.54, 1.807) is 13.3 Å². The number of hydrogen-bond acceptors (Lipinski definition) is 5. The highest BCUT2D eigenvalue weighted by molar-refractivity contribution is 5.59. The smallest absolute Gasteiger partial charge is 0.161 e. The first-order valence-electron chi connectivity index (χ1n) is 14.8. The van der Waals surface area contributed by atoms with Crippen molar-refractivity contribution >= 4 is 6.08 Å². The fourth-order valence-corrected chi connectivity index (χ4v) is 8.67. The highest BCUT2D eigenvalue weighted by Gasteiger charge is 2.58. The Hall–Kier alpha value is -2.57. The number of hydrogen-bond donors (Lipinski definition) is 2. The normalized spacial score (nSPS) is 36.6. The van der Waals surface area contributed by atoms with E-state index >= 15 is 0 Å². The van der Waals surface area contributed by atoms with E-state index in [1.165, 1.54) is 29.6 Å². The average Bonchev–Trinajstić information content (AvgIpc) is 3.55. The number of nitrogens with zero attached hydrogens (tertiary/aromatic N) is 2. The molecule has 6 nitrogen and oxygen atoms in total. The van der Waals surface area contributed by atoms with E-state index in [9.17, 15) is 10.2 Å². The summed E-state index contributed by atoms with van der Waals surface area (Å²) in [5, 5.41) is 21.5. The fraction of sp³-hybridized carbons (Fsp3) is 0.606. The molecule has 1 aromatic carbocycles. The Balaban J connectivity index is 1.15. The first-order valence-corrected chi connectivity index (χ1v) is 14.8. The molecule has 4 aliphatic rings. The van der Waals surface area contributed by atoms with Gasteiger partial charge in [-0.1, -0.05) is 43.2 Å². The summed E-state index contributed by atoms with van der Waals surface area (Å²) in [6.45, 7) is 6.29. The molecule has 39 heavy (non-hydrogen) atoms. The lowest BCUT2D eigenvalue weighted by atomic mass is 9.47. The fourth-order valence-electron chi connectivity index (χ4n) is 8.67. The molecule has 0 aliphatic heterocycles. The predicted molar refractivity (Wildman–Crippen MR) is 152 cm³/mol. The van der Waals surface area contributed by atoms with Crippen LogP contribution >= 0.6 is 0 Å². The third kappa shape index (κ3) is 4.84. The molecular weight excluding hydrogens is 488 g/mol. The molecular formula is C33H44N2O4. The van der Waals surface area contributed by atoms with Gasteiger partial charge in [0.1, 0.15) is 0 Å². The molecule has 7 atom stereocenters. The minimum atomic E-state index is -0.444. The minimum Gasteiger partial charge on any atom is -0.493 e. The van der Waals surface area contributed by atoms with Crippen molar-refractivity contribution in [3.05, 3.63) is 59.7 Å². The third-order valence-electron chi connectivity index (χ3n) is 10.7. The van der Waals surface area contributed by atoms with Crippen LogP contribution in [0.2, 0.25) is 0 Å². The molecule has 0 radical (unpaired) electrons. The molecule has 210 valence electrons. The van der Waals surface area contributed by atoms with E-state index < -0.39 is 12.2 Å². The van der Waals surface area contributed by atoms with Gasteiger partial charge in [0.25, 0.3) is 0 Å². The van der Waals surface area contributed by atoms with Crippen LogP contribution in [0.5, 0.6) is 11.5 Å². The number of allylic oxidation sites excluding steroid dienone is 2. The van der Waals surface area contributed by atoms with Gasteiger partial charge >= 0.3 is 0 Å². The second kappa shape index (κ2) is 10.4. The number of aliphatic hydroxyl groups is 2. The van der Waals surface area contributed by atoms with Crippen molar-refractivity contribution in [2.45, 2.75) is 84.0 Å². The summed E-state index contributed by atoms with van der Waals surface area (Å²) in [4.78, 5) is 4.09. The van der Waals surface area contributed by atoms with Gasteiger partial charge in [-0.3, -0.25) is 0 Å². The zero-order valence-corrected chi connectivity index (χ0v) is 23.7. The molecule has 0 amide bonds. The van der Waals surface area contributed by atoms with Gasteiger partial charge in [0.15, 0.2) is 11.5 Å². The molecule has 6 heteroatoms. The molecule has 3 saturated carbocycles. The number of imidazole rings is 1. The molecule has 2 N–H and O–H groups in total. The van der Waals surface area contributed by atoms with Crippen LogP contribution in [0.1, 0.15) is 70.8 Å². The van der Waals surface area contributed by atoms with E-state index in [-0.39, 0.29) is 5.41 Å². The lowest BCUT2D eigenvalue weighted by molar-refractivity contribution is -0.0992. The molecule has 0 unspecified atom stereocenters. The van der Waals surface area contributed by atoms with Crippen molar-refractivity contribution < 1.29 is 19.7 Å². The van der Waals surface area contributed by atoms with Gasteiger partial charge in [-0.2, -0.15) is 0 Å². The SMILES string of the molecule is COc1cc(/C=C2/C[C@H]3[C@@H]4CC=C5C[C@@H](O)C[C@@H](O)[C@]5(C)[C@H]4CC[C@]3(C)C2)ccc1OCCCn1ccnc1. The van der Waals surface area contributed by atoms with E-state index in [0.717, 1.165) is 50.1 Å². The summed E-state index contributed by atoms with van der Waals surface area (Å²) < 4.78 is 13.8. The lowest BCUT2D eigenvalue weighted by Crippen LogP contribution is -2.54. The molecule has 6 rings (SSSR count). The standard InChI is InChI=1S/C33H44N2O4/c1-32-10-9-27-26(7-6-24-18-25(36)19-31(37)33(24,27)2)28(32)16-23(20-32)15-22-5-8-29(30(17-22)38-3)39-14-4-12-35-13-11-34-21-35/h5-6,8,11,13,15,17,21,25-28,31,36-37H,4,7,9-10,12,14,16,18-20H2,1-3H3/b23-15-/t25-,26-,27+,28+,31-,32-,33+/m1/s1. The molecule has 0 spiro atoms. The Morgan fingerprint density at radius 3 is 2.82 bits per heavy atom. The van der Waals surface area contributed by atoms with Gasteiger partial charge in [0.2, 0.25) is 0 Å². The van der Waals surface area contributed by atoms with Gasteiger partial charge in [-0.05, 0) is 85.8 Å². The second-order valence-corrected chi connectivity index (χ2v) is 13.0. The quantitative estimate of drug-likeness (QED) is 0.336. The number of aliphatic hydroxyl groups excluding tert-OH is 2. The summed E-state index contributed by atoms with van der Waals surface area (Å²) in [5.74, 6) is 3.30. The second-order valence-electron chi connectivity index (χ2n) is 13.0. The van der Waals surface area contributed by atoms with Crippen molar-refractivity contribution in [1.29, 1.82) is 0 Å². The zero-order valence-electron chi connectivity index (χ0n) is 23.7. The molecule has 4 aliphatic carbocycles. The number of fused-ring (bicyclic) bond motifs is 5. The van der Waals surface area contributed by atoms with Crippen LogP contribution in [0.3, 0.4) is 0 Å². The van der Waals surface area contributed by atoms with Gasteiger partial charge in [0, 0.05) is 30.8 Å². The van der Waals surface area contributed by atoms with Gasteiger partial charge in [0.05, 0.1) is 32.3 Å². The molecule has 0 saturated heterocycles. The van der Waals surface area contributed by atoms with Crippen molar-refractivity contribution in [1.82, 2.24) is 9.55 Å². The van der Waals surface area contributed by atoms with Crippen molar-refractivity contribution in [2.24, 2.45) is 28.6 Å². The maximum atomic E-state index is 11.2. The Bertz CT molecular complexity index is 1240. The predicted octanol–water partition coefficient (Wildman–Crippen LogP) is 6.04. The summed E-state index contributed by atoms with van der Waals surface area (Å²) in [6, 6.07) is 6.29. The Labute approximate surface area is 232 Å². The van der Waals surface area contributed by atoms with Crippen LogP contribution in [0.25, 0.3) is 6.08 Å². The Kier molecular flexibility index (Phi) is 7.13. The maximum absolute atomic E-state index is 11.2.